The number of carbonyl (C=O) groups excluding carboxylic acids is 1. The van der Waals surface area contributed by atoms with Crippen LogP contribution in [-0.2, 0) is 4.79 Å². The molecule has 4 heteroatoms. The molecule has 0 bridgehead atoms. The molecule has 1 heterocycles. The third-order valence-electron chi connectivity index (χ3n) is 3.11. The van der Waals surface area contributed by atoms with Gasteiger partial charge in [-0.2, -0.15) is 0 Å². The predicted octanol–water partition coefficient (Wildman–Crippen LogP) is 0.487. The summed E-state index contributed by atoms with van der Waals surface area (Å²) in [5, 5.41) is 8.78. The first kappa shape index (κ1) is 12.5. The second-order valence-corrected chi connectivity index (χ2v) is 4.21. The molecular weight excluding hydrogens is 192 g/mol. The lowest BCUT2D eigenvalue weighted by molar-refractivity contribution is -0.133. The van der Waals surface area contributed by atoms with Crippen molar-refractivity contribution in [1.29, 1.82) is 0 Å². The van der Waals surface area contributed by atoms with Gasteiger partial charge in [-0.05, 0) is 32.1 Å². The van der Waals surface area contributed by atoms with Crippen LogP contribution in [0.3, 0.4) is 0 Å². The van der Waals surface area contributed by atoms with Crippen molar-refractivity contribution in [3.05, 3.63) is 0 Å². The molecule has 1 rings (SSSR count). The number of nitrogens with two attached hydrogens (primary N) is 1. The van der Waals surface area contributed by atoms with Crippen molar-refractivity contribution >= 4 is 5.91 Å². The SMILES string of the molecule is CC[C@@H](N)C(=O)N1CCCC1CCCO. The van der Waals surface area contributed by atoms with Crippen molar-refractivity contribution in [2.75, 3.05) is 13.2 Å². The molecule has 0 aromatic heterocycles. The van der Waals surface area contributed by atoms with Crippen molar-refractivity contribution in [3.8, 4) is 0 Å². The zero-order valence-electron chi connectivity index (χ0n) is 9.48. The average Bonchev–Trinajstić information content (AvgIpc) is 2.72. The van der Waals surface area contributed by atoms with E-state index in [1.807, 2.05) is 11.8 Å². The Balaban J connectivity index is 2.48. The minimum atomic E-state index is -0.347. The molecule has 0 spiro atoms. The van der Waals surface area contributed by atoms with Gasteiger partial charge in [-0.15, -0.1) is 0 Å². The number of hydrogen-bond donors (Lipinski definition) is 2. The Bertz CT molecular complexity index is 209. The van der Waals surface area contributed by atoms with Gasteiger partial charge >= 0.3 is 0 Å². The number of hydrogen-bond acceptors (Lipinski definition) is 3. The molecule has 1 aliphatic heterocycles. The summed E-state index contributed by atoms with van der Waals surface area (Å²) in [6, 6.07) is -0.0398. The number of carbonyl (C=O) groups is 1. The molecule has 3 N–H and O–H groups in total. The van der Waals surface area contributed by atoms with E-state index in [1.165, 1.54) is 0 Å². The fourth-order valence-corrected chi connectivity index (χ4v) is 2.14. The van der Waals surface area contributed by atoms with Crippen LogP contribution >= 0.6 is 0 Å². The molecule has 1 fully saturated rings. The van der Waals surface area contributed by atoms with E-state index in [-0.39, 0.29) is 18.6 Å². The summed E-state index contributed by atoms with van der Waals surface area (Å²) < 4.78 is 0. The van der Waals surface area contributed by atoms with Crippen LogP contribution in [0.1, 0.15) is 39.0 Å². The van der Waals surface area contributed by atoms with E-state index in [2.05, 4.69) is 0 Å². The van der Waals surface area contributed by atoms with Crippen LogP contribution in [0, 0.1) is 0 Å². The van der Waals surface area contributed by atoms with Gasteiger partial charge < -0.3 is 15.7 Å². The molecule has 0 radical (unpaired) electrons. The standard InChI is InChI=1S/C11H22N2O2/c1-2-10(12)11(15)13-7-3-5-9(13)6-4-8-14/h9-10,14H,2-8,12H2,1H3/t9?,10-/m1/s1. The number of likely N-dealkylation sites (tertiary alicyclic amines) is 1. The maximum absolute atomic E-state index is 11.9. The van der Waals surface area contributed by atoms with Gasteiger partial charge in [0.1, 0.15) is 0 Å². The Kier molecular flexibility index (Phi) is 5.05. The van der Waals surface area contributed by atoms with Crippen molar-refractivity contribution < 1.29 is 9.90 Å². The summed E-state index contributed by atoms with van der Waals surface area (Å²) in [4.78, 5) is 13.8. The first-order valence-electron chi connectivity index (χ1n) is 5.87. The number of aliphatic hydroxyl groups is 1. The van der Waals surface area contributed by atoms with Gasteiger partial charge in [-0.3, -0.25) is 4.79 Å². The minimum absolute atomic E-state index is 0.0814. The van der Waals surface area contributed by atoms with Crippen molar-refractivity contribution in [3.63, 3.8) is 0 Å². The minimum Gasteiger partial charge on any atom is -0.396 e. The Morgan fingerprint density at radius 2 is 2.40 bits per heavy atom. The molecule has 1 unspecified atom stereocenters. The molecule has 0 saturated carbocycles. The maximum atomic E-state index is 11.9. The van der Waals surface area contributed by atoms with Crippen LogP contribution < -0.4 is 5.73 Å². The lowest BCUT2D eigenvalue weighted by atomic mass is 10.1. The van der Waals surface area contributed by atoms with Gasteiger partial charge in [0, 0.05) is 19.2 Å². The van der Waals surface area contributed by atoms with Gasteiger partial charge in [0.25, 0.3) is 0 Å². The second kappa shape index (κ2) is 6.08. The Labute approximate surface area is 91.4 Å². The molecule has 1 aliphatic rings. The summed E-state index contributed by atoms with van der Waals surface area (Å²) in [6.45, 7) is 2.97. The lowest BCUT2D eigenvalue weighted by Crippen LogP contribution is -2.45. The second-order valence-electron chi connectivity index (χ2n) is 4.21. The molecule has 0 aromatic rings. The molecule has 1 amide bonds. The van der Waals surface area contributed by atoms with Gasteiger partial charge in [0.2, 0.25) is 5.91 Å². The van der Waals surface area contributed by atoms with Gasteiger partial charge in [0.15, 0.2) is 0 Å². The van der Waals surface area contributed by atoms with Crippen LogP contribution in [0.2, 0.25) is 0 Å². The smallest absolute Gasteiger partial charge is 0.239 e. The molecule has 0 aromatic carbocycles. The first-order chi connectivity index (χ1) is 7.20. The van der Waals surface area contributed by atoms with E-state index in [0.29, 0.717) is 12.5 Å². The first-order valence-corrected chi connectivity index (χ1v) is 5.87. The third kappa shape index (κ3) is 3.18. The molecular formula is C11H22N2O2. The molecule has 88 valence electrons. The highest BCUT2D eigenvalue weighted by Crippen LogP contribution is 2.22. The van der Waals surface area contributed by atoms with Gasteiger partial charge in [-0.25, -0.2) is 0 Å². The third-order valence-corrected chi connectivity index (χ3v) is 3.11. The van der Waals surface area contributed by atoms with E-state index >= 15 is 0 Å². The van der Waals surface area contributed by atoms with Crippen LogP contribution in [0.5, 0.6) is 0 Å². The van der Waals surface area contributed by atoms with Crippen molar-refractivity contribution in [2.45, 2.75) is 51.1 Å². The van der Waals surface area contributed by atoms with Gasteiger partial charge in [0.05, 0.1) is 6.04 Å². The summed E-state index contributed by atoms with van der Waals surface area (Å²) in [7, 11) is 0. The monoisotopic (exact) mass is 214 g/mol. The van der Waals surface area contributed by atoms with E-state index < -0.39 is 0 Å². The van der Waals surface area contributed by atoms with Gasteiger partial charge in [-0.1, -0.05) is 6.92 Å². The molecule has 2 atom stereocenters. The van der Waals surface area contributed by atoms with Crippen molar-refractivity contribution in [1.82, 2.24) is 4.90 Å². The number of aliphatic hydroxyl groups excluding tert-OH is 1. The fraction of sp³-hybridized carbons (Fsp3) is 0.909. The summed E-state index contributed by atoms with van der Waals surface area (Å²) in [5.41, 5.74) is 5.75. The molecule has 4 nitrogen and oxygen atoms in total. The van der Waals surface area contributed by atoms with E-state index in [4.69, 9.17) is 10.8 Å². The largest absolute Gasteiger partial charge is 0.396 e. The quantitative estimate of drug-likeness (QED) is 0.700. The molecule has 15 heavy (non-hydrogen) atoms. The summed E-state index contributed by atoms with van der Waals surface area (Å²) in [5.74, 6) is 0.0814. The zero-order chi connectivity index (χ0) is 11.3. The molecule has 0 aliphatic carbocycles. The Morgan fingerprint density at radius 1 is 1.67 bits per heavy atom. The zero-order valence-corrected chi connectivity index (χ0v) is 9.48. The highest BCUT2D eigenvalue weighted by Gasteiger charge is 2.30. The van der Waals surface area contributed by atoms with E-state index in [0.717, 1.165) is 32.2 Å². The maximum Gasteiger partial charge on any atom is 0.239 e. The Morgan fingerprint density at radius 3 is 3.00 bits per heavy atom. The predicted molar refractivity (Wildman–Crippen MR) is 59.3 cm³/mol. The molecule has 1 saturated heterocycles. The fourth-order valence-electron chi connectivity index (χ4n) is 2.14. The summed E-state index contributed by atoms with van der Waals surface area (Å²) in [6.07, 6.45) is 4.50. The van der Waals surface area contributed by atoms with Crippen LogP contribution in [0.25, 0.3) is 0 Å². The van der Waals surface area contributed by atoms with Crippen LogP contribution in [0.4, 0.5) is 0 Å². The highest BCUT2D eigenvalue weighted by molar-refractivity contribution is 5.82. The average molecular weight is 214 g/mol. The Hall–Kier alpha value is -0.610. The lowest BCUT2D eigenvalue weighted by Gasteiger charge is -2.27. The number of rotatable bonds is 5. The van der Waals surface area contributed by atoms with E-state index in [1.54, 1.807) is 0 Å². The number of nitrogens with zero attached hydrogens (tertiary/aromatic N) is 1. The van der Waals surface area contributed by atoms with Crippen LogP contribution in [0.15, 0.2) is 0 Å². The summed E-state index contributed by atoms with van der Waals surface area (Å²) >= 11 is 0. The highest BCUT2D eigenvalue weighted by atomic mass is 16.3. The van der Waals surface area contributed by atoms with E-state index in [9.17, 15) is 4.79 Å². The van der Waals surface area contributed by atoms with Crippen LogP contribution in [-0.4, -0.2) is 41.1 Å². The number of amides is 1. The topological polar surface area (TPSA) is 66.6 Å². The normalized spacial score (nSPS) is 23.1. The van der Waals surface area contributed by atoms with Crippen molar-refractivity contribution in [2.24, 2.45) is 5.73 Å².